The topological polar surface area (TPSA) is 78.5 Å². The van der Waals surface area contributed by atoms with Crippen LogP contribution in [0.5, 0.6) is 0 Å². The minimum Gasteiger partial charge on any atom is -0.350 e. The number of likely N-dealkylation sites (N-methyl/N-ethyl adjacent to an activating group) is 1. The highest BCUT2D eigenvalue weighted by molar-refractivity contribution is 6.00. The first-order valence-corrected chi connectivity index (χ1v) is 7.06. The van der Waals surface area contributed by atoms with Crippen molar-refractivity contribution in [2.75, 3.05) is 7.05 Å². The summed E-state index contributed by atoms with van der Waals surface area (Å²) < 4.78 is 0. The zero-order valence-electron chi connectivity index (χ0n) is 12.9. The molecule has 0 aromatic rings. The van der Waals surface area contributed by atoms with Gasteiger partial charge in [0.2, 0.25) is 17.7 Å². The second-order valence-electron chi connectivity index (χ2n) is 6.00. The zero-order valence-corrected chi connectivity index (χ0v) is 12.9. The maximum atomic E-state index is 12.1. The molecule has 1 aliphatic heterocycles. The standard InChI is InChI=1S/C14H25N3O3/c1-6-14(3,4)16-12(19)9(2)15-10-7-8-11(18)17(5)13(10)20/h9-10,15H,6-8H2,1-5H3,(H,16,19). The lowest BCUT2D eigenvalue weighted by Crippen LogP contribution is -2.58. The summed E-state index contributed by atoms with van der Waals surface area (Å²) in [5, 5.41) is 5.95. The molecule has 1 fully saturated rings. The molecule has 0 bridgehead atoms. The van der Waals surface area contributed by atoms with Gasteiger partial charge in [-0.1, -0.05) is 6.92 Å². The molecule has 0 saturated carbocycles. The summed E-state index contributed by atoms with van der Waals surface area (Å²) >= 11 is 0. The maximum absolute atomic E-state index is 12.1. The number of likely N-dealkylation sites (tertiary alicyclic amines) is 1. The van der Waals surface area contributed by atoms with E-state index in [1.165, 1.54) is 7.05 Å². The van der Waals surface area contributed by atoms with Gasteiger partial charge in [-0.15, -0.1) is 0 Å². The molecule has 6 nitrogen and oxygen atoms in total. The molecule has 1 aliphatic rings. The Labute approximate surface area is 120 Å². The number of amides is 3. The van der Waals surface area contributed by atoms with Crippen LogP contribution in [0.1, 0.15) is 47.0 Å². The molecular weight excluding hydrogens is 258 g/mol. The van der Waals surface area contributed by atoms with Gasteiger partial charge >= 0.3 is 0 Å². The van der Waals surface area contributed by atoms with E-state index in [0.29, 0.717) is 12.8 Å². The molecular formula is C14H25N3O3. The van der Waals surface area contributed by atoms with Gasteiger partial charge in [0.25, 0.3) is 0 Å². The molecule has 20 heavy (non-hydrogen) atoms. The van der Waals surface area contributed by atoms with Crippen LogP contribution in [0.2, 0.25) is 0 Å². The van der Waals surface area contributed by atoms with Crippen LogP contribution in [-0.4, -0.2) is 47.3 Å². The Hall–Kier alpha value is -1.43. The van der Waals surface area contributed by atoms with Crippen molar-refractivity contribution in [1.29, 1.82) is 0 Å². The van der Waals surface area contributed by atoms with Gasteiger partial charge < -0.3 is 5.32 Å². The predicted octanol–water partition coefficient (Wildman–Crippen LogP) is 0.417. The number of nitrogens with one attached hydrogen (secondary N) is 2. The van der Waals surface area contributed by atoms with Gasteiger partial charge in [-0.05, 0) is 33.6 Å². The normalized spacial score (nSPS) is 21.9. The van der Waals surface area contributed by atoms with Gasteiger partial charge in [0.1, 0.15) is 0 Å². The van der Waals surface area contributed by atoms with Gasteiger partial charge in [0, 0.05) is 19.0 Å². The molecule has 1 rings (SSSR count). The van der Waals surface area contributed by atoms with E-state index in [-0.39, 0.29) is 23.3 Å². The average Bonchev–Trinajstić information content (AvgIpc) is 2.39. The number of carbonyl (C=O) groups is 3. The maximum Gasteiger partial charge on any atom is 0.246 e. The Kier molecular flexibility index (Phi) is 5.28. The number of nitrogens with zero attached hydrogens (tertiary/aromatic N) is 1. The first-order chi connectivity index (χ1) is 9.18. The second-order valence-corrected chi connectivity index (χ2v) is 6.00. The van der Waals surface area contributed by atoms with Crippen LogP contribution in [0.25, 0.3) is 0 Å². The smallest absolute Gasteiger partial charge is 0.246 e. The van der Waals surface area contributed by atoms with E-state index in [1.54, 1.807) is 6.92 Å². The Morgan fingerprint density at radius 2 is 2.05 bits per heavy atom. The van der Waals surface area contributed by atoms with Crippen LogP contribution in [-0.2, 0) is 14.4 Å². The Balaban J connectivity index is 2.58. The summed E-state index contributed by atoms with van der Waals surface area (Å²) in [5.74, 6) is -0.572. The zero-order chi connectivity index (χ0) is 15.5. The Bertz CT molecular complexity index is 406. The summed E-state index contributed by atoms with van der Waals surface area (Å²) in [5.41, 5.74) is -0.268. The monoisotopic (exact) mass is 283 g/mol. The first-order valence-electron chi connectivity index (χ1n) is 7.06. The number of rotatable bonds is 5. The van der Waals surface area contributed by atoms with Crippen molar-refractivity contribution >= 4 is 17.7 Å². The van der Waals surface area contributed by atoms with Crippen LogP contribution in [0.3, 0.4) is 0 Å². The summed E-state index contributed by atoms with van der Waals surface area (Å²) in [7, 11) is 1.48. The molecule has 114 valence electrons. The van der Waals surface area contributed by atoms with Gasteiger partial charge in [-0.2, -0.15) is 0 Å². The molecule has 0 aromatic carbocycles. The van der Waals surface area contributed by atoms with Crippen LogP contribution in [0, 0.1) is 0 Å². The van der Waals surface area contributed by atoms with Crippen LogP contribution in [0.4, 0.5) is 0 Å². The molecule has 0 radical (unpaired) electrons. The third-order valence-corrected chi connectivity index (χ3v) is 3.84. The fraction of sp³-hybridized carbons (Fsp3) is 0.786. The van der Waals surface area contributed by atoms with Gasteiger partial charge in [-0.25, -0.2) is 0 Å². The highest BCUT2D eigenvalue weighted by atomic mass is 16.2. The van der Waals surface area contributed by atoms with E-state index >= 15 is 0 Å². The van der Waals surface area contributed by atoms with E-state index in [4.69, 9.17) is 0 Å². The van der Waals surface area contributed by atoms with E-state index in [0.717, 1.165) is 11.3 Å². The van der Waals surface area contributed by atoms with Crippen molar-refractivity contribution in [2.45, 2.75) is 64.6 Å². The SMILES string of the molecule is CCC(C)(C)NC(=O)C(C)NC1CCC(=O)N(C)C1=O. The Morgan fingerprint density at radius 3 is 2.60 bits per heavy atom. The third kappa shape index (κ3) is 4.03. The van der Waals surface area contributed by atoms with E-state index in [1.807, 2.05) is 20.8 Å². The van der Waals surface area contributed by atoms with Crippen LogP contribution >= 0.6 is 0 Å². The van der Waals surface area contributed by atoms with Crippen LogP contribution in [0.15, 0.2) is 0 Å². The molecule has 2 atom stereocenters. The quantitative estimate of drug-likeness (QED) is 0.717. The van der Waals surface area contributed by atoms with Gasteiger partial charge in [0.05, 0.1) is 12.1 Å². The van der Waals surface area contributed by atoms with Crippen molar-refractivity contribution in [2.24, 2.45) is 0 Å². The summed E-state index contributed by atoms with van der Waals surface area (Å²) in [6, 6.07) is -0.945. The minimum atomic E-state index is -0.476. The fourth-order valence-electron chi connectivity index (χ4n) is 1.98. The largest absolute Gasteiger partial charge is 0.350 e. The van der Waals surface area contributed by atoms with Crippen molar-refractivity contribution in [3.63, 3.8) is 0 Å². The van der Waals surface area contributed by atoms with E-state index in [9.17, 15) is 14.4 Å². The lowest BCUT2D eigenvalue weighted by atomic mass is 10.0. The lowest BCUT2D eigenvalue weighted by Gasteiger charge is -2.31. The van der Waals surface area contributed by atoms with Crippen LogP contribution < -0.4 is 10.6 Å². The summed E-state index contributed by atoms with van der Waals surface area (Å²) in [6.45, 7) is 7.64. The molecule has 2 N–H and O–H groups in total. The molecule has 1 heterocycles. The second kappa shape index (κ2) is 6.35. The summed E-state index contributed by atoms with van der Waals surface area (Å²) in [6.07, 6.45) is 1.59. The molecule has 2 unspecified atom stereocenters. The molecule has 0 aromatic heterocycles. The first kappa shape index (κ1) is 16.6. The van der Waals surface area contributed by atoms with Crippen molar-refractivity contribution in [1.82, 2.24) is 15.5 Å². The number of hydrogen-bond acceptors (Lipinski definition) is 4. The van der Waals surface area contributed by atoms with Gasteiger partial charge in [0.15, 0.2) is 0 Å². The van der Waals surface area contributed by atoms with E-state index in [2.05, 4.69) is 10.6 Å². The number of imide groups is 1. The van der Waals surface area contributed by atoms with Crippen molar-refractivity contribution in [3.05, 3.63) is 0 Å². The minimum absolute atomic E-state index is 0.135. The number of piperidine rings is 1. The molecule has 1 saturated heterocycles. The molecule has 0 aliphatic carbocycles. The lowest BCUT2D eigenvalue weighted by molar-refractivity contribution is -0.148. The highest BCUT2D eigenvalue weighted by Crippen LogP contribution is 2.12. The van der Waals surface area contributed by atoms with Gasteiger partial charge in [-0.3, -0.25) is 24.6 Å². The molecule has 0 spiro atoms. The third-order valence-electron chi connectivity index (χ3n) is 3.84. The fourth-order valence-corrected chi connectivity index (χ4v) is 1.98. The highest BCUT2D eigenvalue weighted by Gasteiger charge is 2.33. The molecule has 6 heteroatoms. The Morgan fingerprint density at radius 1 is 1.45 bits per heavy atom. The summed E-state index contributed by atoms with van der Waals surface area (Å²) in [4.78, 5) is 36.5. The predicted molar refractivity (Wildman–Crippen MR) is 75.9 cm³/mol. The molecule has 3 amide bonds. The number of carbonyl (C=O) groups excluding carboxylic acids is 3. The van der Waals surface area contributed by atoms with Crippen molar-refractivity contribution in [3.8, 4) is 0 Å². The van der Waals surface area contributed by atoms with E-state index < -0.39 is 12.1 Å². The van der Waals surface area contributed by atoms with Crippen molar-refractivity contribution < 1.29 is 14.4 Å². The number of hydrogen-bond donors (Lipinski definition) is 2. The average molecular weight is 283 g/mol.